The van der Waals surface area contributed by atoms with Gasteiger partial charge in [0.25, 0.3) is 0 Å². The Morgan fingerprint density at radius 1 is 1.08 bits per heavy atom. The van der Waals surface area contributed by atoms with Gasteiger partial charge in [0.15, 0.2) is 17.4 Å². The highest BCUT2D eigenvalue weighted by molar-refractivity contribution is 6.31. The number of amides is 1. The molecule has 0 spiro atoms. The molecule has 1 amide bonds. The molecule has 2 heterocycles. The quantitative estimate of drug-likeness (QED) is 0.344. The number of likely N-dealkylation sites (N-methyl/N-ethyl adjacent to an activating group) is 2. The lowest BCUT2D eigenvalue weighted by atomic mass is 10.00. The Morgan fingerprint density at radius 3 is 2.62 bits per heavy atom. The van der Waals surface area contributed by atoms with E-state index in [-0.39, 0.29) is 30.8 Å². The van der Waals surface area contributed by atoms with Crippen LogP contribution in [0.25, 0.3) is 10.9 Å². The van der Waals surface area contributed by atoms with E-state index >= 15 is 4.39 Å². The molecule has 3 aromatic carbocycles. The fraction of sp³-hybridized carbons (Fsp3) is 0.185. The van der Waals surface area contributed by atoms with Gasteiger partial charge in [-0.2, -0.15) is 0 Å². The number of hydrogen-bond acceptors (Lipinski definition) is 6. The zero-order chi connectivity index (χ0) is 26.3. The normalized spacial score (nSPS) is 13.0. The summed E-state index contributed by atoms with van der Waals surface area (Å²) in [4.78, 5) is 23.1. The van der Waals surface area contributed by atoms with E-state index in [0.29, 0.717) is 50.0 Å². The monoisotopic (exact) mass is 522 g/mol. The van der Waals surface area contributed by atoms with Gasteiger partial charge in [-0.25, -0.2) is 9.38 Å². The molecule has 0 atom stereocenters. The van der Waals surface area contributed by atoms with Gasteiger partial charge >= 0.3 is 0 Å². The van der Waals surface area contributed by atoms with Crippen LogP contribution in [0.2, 0.25) is 5.02 Å². The van der Waals surface area contributed by atoms with Crippen molar-refractivity contribution in [2.45, 2.75) is 0 Å². The van der Waals surface area contributed by atoms with Crippen LogP contribution in [0.4, 0.5) is 15.8 Å². The number of benzene rings is 3. The molecule has 0 unspecified atom stereocenters. The maximum absolute atomic E-state index is 15.2. The number of nitrogens with zero attached hydrogens (tertiary/aromatic N) is 3. The molecule has 0 radical (unpaired) electrons. The van der Waals surface area contributed by atoms with Gasteiger partial charge in [-0.1, -0.05) is 17.7 Å². The number of halogens is 2. The Morgan fingerprint density at radius 2 is 1.86 bits per heavy atom. The van der Waals surface area contributed by atoms with E-state index in [1.807, 2.05) is 0 Å². The van der Waals surface area contributed by atoms with E-state index in [2.05, 4.69) is 4.98 Å². The number of carbonyl (C=O) groups is 1. The predicted molar refractivity (Wildman–Crippen MR) is 141 cm³/mol. The second kappa shape index (κ2) is 9.76. The smallest absolute Gasteiger partial charge is 0.240 e. The van der Waals surface area contributed by atoms with E-state index in [1.54, 1.807) is 61.5 Å². The van der Waals surface area contributed by atoms with E-state index < -0.39 is 5.82 Å². The Bertz CT molecular complexity index is 1550. The first-order valence-corrected chi connectivity index (χ1v) is 11.8. The number of H-pyrrole nitrogens is 1. The van der Waals surface area contributed by atoms with Gasteiger partial charge in [0.05, 0.1) is 34.7 Å². The van der Waals surface area contributed by atoms with Crippen molar-refractivity contribution in [3.8, 4) is 17.4 Å². The van der Waals surface area contributed by atoms with Gasteiger partial charge in [0.2, 0.25) is 12.7 Å². The van der Waals surface area contributed by atoms with E-state index in [1.165, 1.54) is 24.1 Å². The first kappa shape index (κ1) is 24.6. The summed E-state index contributed by atoms with van der Waals surface area (Å²) in [6.45, 7) is 0.253. The number of aliphatic imine (C=N–C) groups is 1. The fourth-order valence-electron chi connectivity index (χ4n) is 4.18. The van der Waals surface area contributed by atoms with Gasteiger partial charge in [-0.05, 0) is 56.6 Å². The number of aromatic nitrogens is 1. The second-order valence-electron chi connectivity index (χ2n) is 8.89. The Hall–Kier alpha value is -4.08. The molecular weight excluding hydrogens is 499 g/mol. The topological polar surface area (TPSA) is 90.4 Å². The number of fused-ring (bicyclic) bond motifs is 2. The summed E-state index contributed by atoms with van der Waals surface area (Å²) in [5, 5.41) is 12.1. The molecule has 0 fully saturated rings. The van der Waals surface area contributed by atoms with Crippen LogP contribution in [0.5, 0.6) is 17.4 Å². The zero-order valence-electron chi connectivity index (χ0n) is 20.4. The van der Waals surface area contributed by atoms with Gasteiger partial charge in [-0.15, -0.1) is 0 Å². The Kier molecular flexibility index (Phi) is 6.49. The Balaban J connectivity index is 1.62. The molecule has 4 aromatic rings. The first-order valence-electron chi connectivity index (χ1n) is 11.4. The van der Waals surface area contributed by atoms with Crippen molar-refractivity contribution in [3.05, 3.63) is 76.6 Å². The van der Waals surface area contributed by atoms with Crippen molar-refractivity contribution in [1.82, 2.24) is 9.88 Å². The third-order valence-corrected chi connectivity index (χ3v) is 6.22. The minimum atomic E-state index is -0.601. The lowest BCUT2D eigenvalue weighted by molar-refractivity contribution is -0.118. The van der Waals surface area contributed by atoms with Gasteiger partial charge < -0.3 is 29.4 Å². The first-order chi connectivity index (χ1) is 17.7. The summed E-state index contributed by atoms with van der Waals surface area (Å²) in [7, 11) is 5.07. The fourth-order valence-corrected chi connectivity index (χ4v) is 4.35. The highest BCUT2D eigenvalue weighted by Gasteiger charge is 2.23. The van der Waals surface area contributed by atoms with Crippen LogP contribution >= 0.6 is 11.6 Å². The number of anilines is 1. The lowest BCUT2D eigenvalue weighted by Gasteiger charge is -2.20. The molecule has 37 heavy (non-hydrogen) atoms. The van der Waals surface area contributed by atoms with Gasteiger partial charge in [0.1, 0.15) is 5.82 Å². The number of ether oxygens (including phenoxy) is 2. The van der Waals surface area contributed by atoms with Gasteiger partial charge in [0, 0.05) is 29.1 Å². The highest BCUT2D eigenvalue weighted by atomic mass is 35.5. The molecule has 1 aromatic heterocycles. The third kappa shape index (κ3) is 4.83. The molecule has 5 rings (SSSR count). The molecule has 0 saturated heterocycles. The third-order valence-electron chi connectivity index (χ3n) is 5.98. The molecule has 8 nitrogen and oxygen atoms in total. The van der Waals surface area contributed by atoms with Crippen LogP contribution in [0.1, 0.15) is 11.1 Å². The number of hydrogen-bond donors (Lipinski definition) is 2. The summed E-state index contributed by atoms with van der Waals surface area (Å²) < 4.78 is 26.1. The maximum Gasteiger partial charge on any atom is 0.240 e. The average molecular weight is 523 g/mol. The van der Waals surface area contributed by atoms with Crippen molar-refractivity contribution in [2.24, 2.45) is 4.99 Å². The number of nitrogens with one attached hydrogen (secondary N) is 1. The van der Waals surface area contributed by atoms with Crippen molar-refractivity contribution in [1.29, 1.82) is 0 Å². The van der Waals surface area contributed by atoms with Crippen molar-refractivity contribution >= 4 is 45.5 Å². The average Bonchev–Trinajstić information content (AvgIpc) is 3.44. The highest BCUT2D eigenvalue weighted by Crippen LogP contribution is 2.37. The second-order valence-corrected chi connectivity index (χ2v) is 9.33. The number of rotatable bonds is 6. The summed E-state index contributed by atoms with van der Waals surface area (Å²) in [6, 6.07) is 14.9. The van der Waals surface area contributed by atoms with E-state index in [9.17, 15) is 9.90 Å². The van der Waals surface area contributed by atoms with Crippen LogP contribution in [0.3, 0.4) is 0 Å². The summed E-state index contributed by atoms with van der Waals surface area (Å²) in [5.74, 6) is 0.174. The summed E-state index contributed by atoms with van der Waals surface area (Å²) >= 11 is 6.14. The summed E-state index contributed by atoms with van der Waals surface area (Å²) in [5.41, 5.74) is 2.49. The van der Waals surface area contributed by atoms with E-state index in [0.717, 1.165) is 0 Å². The maximum atomic E-state index is 15.2. The summed E-state index contributed by atoms with van der Waals surface area (Å²) in [6.07, 6.45) is 0. The molecule has 1 aliphatic heterocycles. The molecular formula is C27H24ClFN4O4. The van der Waals surface area contributed by atoms with Crippen molar-refractivity contribution < 1.29 is 23.8 Å². The number of aromatic hydroxyl groups is 1. The molecule has 1 aliphatic rings. The van der Waals surface area contributed by atoms with Crippen LogP contribution in [0.15, 0.2) is 59.6 Å². The zero-order valence-corrected chi connectivity index (χ0v) is 21.1. The Labute approximate surface area is 217 Å². The minimum absolute atomic E-state index is 0.106. The molecule has 0 saturated carbocycles. The SMILES string of the molecule is CN(C)CC(=O)N(C)c1ccc(N=C(c2ccc3c(c2)OCO3)c2c(O)[nH]c3cc(Cl)ccc23)cc1F. The van der Waals surface area contributed by atoms with Crippen LogP contribution in [-0.4, -0.2) is 61.1 Å². The number of aromatic amines is 1. The minimum Gasteiger partial charge on any atom is -0.494 e. The molecule has 190 valence electrons. The van der Waals surface area contributed by atoms with E-state index in [4.69, 9.17) is 26.1 Å². The molecule has 2 N–H and O–H groups in total. The lowest BCUT2D eigenvalue weighted by Crippen LogP contribution is -2.35. The predicted octanol–water partition coefficient (Wildman–Crippen LogP) is 5.09. The molecule has 0 bridgehead atoms. The van der Waals surface area contributed by atoms with Crippen LogP contribution in [0, 0.1) is 5.82 Å². The van der Waals surface area contributed by atoms with Crippen molar-refractivity contribution in [3.63, 3.8) is 0 Å². The molecule has 10 heteroatoms. The largest absolute Gasteiger partial charge is 0.494 e. The van der Waals surface area contributed by atoms with Crippen LogP contribution < -0.4 is 14.4 Å². The van der Waals surface area contributed by atoms with Gasteiger partial charge in [-0.3, -0.25) is 4.79 Å². The number of carbonyl (C=O) groups excluding carboxylic acids is 1. The standard InChI is InChI=1S/C27H24ClFN4O4/c1-32(2)13-24(34)33(3)21-8-6-17(12-19(21)29)30-26(15-4-9-22-23(10-15)37-14-36-22)25-18-7-5-16(28)11-20(18)31-27(25)35/h4-12,31,35H,13-14H2,1-3H3. The van der Waals surface area contributed by atoms with Crippen LogP contribution in [-0.2, 0) is 4.79 Å². The molecule has 0 aliphatic carbocycles. The van der Waals surface area contributed by atoms with Crippen molar-refractivity contribution in [2.75, 3.05) is 39.4 Å².